The third-order valence-electron chi connectivity index (χ3n) is 6.97. The van der Waals surface area contributed by atoms with Crippen molar-refractivity contribution in [2.45, 2.75) is 43.6 Å². The van der Waals surface area contributed by atoms with Crippen molar-refractivity contribution < 1.29 is 14.4 Å². The molecule has 3 amide bonds. The van der Waals surface area contributed by atoms with Gasteiger partial charge in [-0.15, -0.1) is 32.9 Å². The fourth-order valence-corrected chi connectivity index (χ4v) is 7.64. The van der Waals surface area contributed by atoms with E-state index in [1.165, 1.54) is 22.7 Å². The number of amides is 3. The van der Waals surface area contributed by atoms with E-state index in [2.05, 4.69) is 32.0 Å². The van der Waals surface area contributed by atoms with Crippen LogP contribution in [-0.4, -0.2) is 68.9 Å². The topological polar surface area (TPSA) is 197 Å². The molecule has 3 aromatic heterocycles. The fourth-order valence-electron chi connectivity index (χ4n) is 5.26. The molecule has 0 radical (unpaired) electrons. The first-order chi connectivity index (χ1) is 17.8. The predicted octanol–water partition coefficient (Wildman–Crippen LogP) is 0.448. The molecular formula is C23H25N9O3S2. The van der Waals surface area contributed by atoms with Gasteiger partial charge in [-0.1, -0.05) is 5.21 Å². The lowest BCUT2D eigenvalue weighted by molar-refractivity contribution is -0.130. The Labute approximate surface area is 220 Å². The summed E-state index contributed by atoms with van der Waals surface area (Å²) < 4.78 is 0. The van der Waals surface area contributed by atoms with Crippen LogP contribution < -0.4 is 16.8 Å². The van der Waals surface area contributed by atoms with E-state index in [0.717, 1.165) is 27.3 Å². The molecule has 6 N–H and O–H groups in total. The normalized spacial score (nSPS) is 20.6. The van der Waals surface area contributed by atoms with Gasteiger partial charge >= 0.3 is 0 Å². The number of likely N-dealkylation sites (tertiary alicyclic amines) is 1. The molecule has 37 heavy (non-hydrogen) atoms. The van der Waals surface area contributed by atoms with E-state index < -0.39 is 17.2 Å². The molecule has 1 aliphatic heterocycles. The maximum absolute atomic E-state index is 12.8. The molecule has 5 rings (SSSR count). The molecule has 1 aliphatic carbocycles. The lowest BCUT2D eigenvalue weighted by Gasteiger charge is -2.31. The number of tetrazole rings is 1. The summed E-state index contributed by atoms with van der Waals surface area (Å²) in [5.41, 5.74) is 12.1. The fraction of sp³-hybridized carbons (Fsp3) is 0.435. The molecule has 14 heteroatoms. The standard InChI is InChI=1S/C23H25N9O3S2/c24-10-13-2-1-7-32(13)18(33)11-27-6-5-23(22-28-30-31-29-22)14-9-17(21(26)35)36-15(14)4-3-12-8-16(20(25)34)37-19(12)23/h8-9,13,27H,1-7,11H2,(H2,25,34)(H2,26,35)(H,28,29,30,31). The summed E-state index contributed by atoms with van der Waals surface area (Å²) in [6.07, 6.45) is 3.20. The van der Waals surface area contributed by atoms with Gasteiger partial charge in [-0.2, -0.15) is 10.5 Å². The zero-order valence-corrected chi connectivity index (χ0v) is 21.5. The Morgan fingerprint density at radius 1 is 1.22 bits per heavy atom. The summed E-state index contributed by atoms with van der Waals surface area (Å²) in [6, 6.07) is 5.40. The minimum atomic E-state index is -0.949. The van der Waals surface area contributed by atoms with E-state index in [9.17, 15) is 19.6 Å². The Balaban J connectivity index is 1.52. The zero-order chi connectivity index (χ0) is 26.2. The van der Waals surface area contributed by atoms with Crippen LogP contribution in [0.5, 0.6) is 0 Å². The van der Waals surface area contributed by atoms with Gasteiger partial charge in [0.25, 0.3) is 11.8 Å². The van der Waals surface area contributed by atoms with E-state index >= 15 is 0 Å². The van der Waals surface area contributed by atoms with Gasteiger partial charge in [0, 0.05) is 16.3 Å². The van der Waals surface area contributed by atoms with Gasteiger partial charge in [0.05, 0.1) is 27.8 Å². The highest BCUT2D eigenvalue weighted by Gasteiger charge is 2.47. The average Bonchev–Trinajstić information content (AvgIpc) is 3.68. The number of H-pyrrole nitrogens is 1. The van der Waals surface area contributed by atoms with Crippen LogP contribution in [0, 0.1) is 11.3 Å². The smallest absolute Gasteiger partial charge is 0.258 e. The van der Waals surface area contributed by atoms with Gasteiger partial charge in [-0.25, -0.2) is 0 Å². The van der Waals surface area contributed by atoms with Gasteiger partial charge in [-0.3, -0.25) is 14.4 Å². The average molecular weight is 540 g/mol. The molecular weight excluding hydrogens is 514 g/mol. The maximum Gasteiger partial charge on any atom is 0.258 e. The monoisotopic (exact) mass is 539 g/mol. The number of rotatable bonds is 8. The number of primary amides is 2. The van der Waals surface area contributed by atoms with Crippen LogP contribution in [0.25, 0.3) is 0 Å². The van der Waals surface area contributed by atoms with Crippen molar-refractivity contribution in [2.24, 2.45) is 11.5 Å². The van der Waals surface area contributed by atoms with Crippen molar-refractivity contribution in [3.05, 3.63) is 48.6 Å². The molecule has 0 saturated carbocycles. The number of nitrogens with two attached hydrogens (primary N) is 2. The van der Waals surface area contributed by atoms with Crippen LogP contribution in [0.1, 0.15) is 65.3 Å². The number of nitriles is 1. The number of fused-ring (bicyclic) bond motifs is 2. The Morgan fingerprint density at radius 3 is 2.70 bits per heavy atom. The highest BCUT2D eigenvalue weighted by molar-refractivity contribution is 7.15. The third kappa shape index (κ3) is 4.39. The summed E-state index contributed by atoms with van der Waals surface area (Å²) >= 11 is 2.63. The first-order valence-corrected chi connectivity index (χ1v) is 13.5. The molecule has 2 unspecified atom stereocenters. The van der Waals surface area contributed by atoms with E-state index in [1.807, 2.05) is 6.07 Å². The Bertz CT molecular complexity index is 1330. The zero-order valence-electron chi connectivity index (χ0n) is 19.8. The second-order valence-corrected chi connectivity index (χ2v) is 11.3. The van der Waals surface area contributed by atoms with Crippen LogP contribution in [0.3, 0.4) is 0 Å². The van der Waals surface area contributed by atoms with Crippen LogP contribution in [0.2, 0.25) is 0 Å². The molecule has 0 spiro atoms. The molecule has 12 nitrogen and oxygen atoms in total. The molecule has 0 bridgehead atoms. The summed E-state index contributed by atoms with van der Waals surface area (Å²) in [4.78, 5) is 41.2. The molecule has 192 valence electrons. The van der Waals surface area contributed by atoms with Crippen molar-refractivity contribution in [1.82, 2.24) is 30.8 Å². The predicted molar refractivity (Wildman–Crippen MR) is 135 cm³/mol. The highest BCUT2D eigenvalue weighted by Crippen LogP contribution is 2.50. The number of aromatic nitrogens is 4. The number of hydrogen-bond donors (Lipinski definition) is 4. The Hall–Kier alpha value is -3.67. The van der Waals surface area contributed by atoms with Crippen molar-refractivity contribution in [1.29, 1.82) is 5.26 Å². The van der Waals surface area contributed by atoms with Gasteiger partial charge in [-0.05, 0) is 61.9 Å². The minimum Gasteiger partial charge on any atom is -0.365 e. The van der Waals surface area contributed by atoms with Crippen molar-refractivity contribution in [2.75, 3.05) is 19.6 Å². The summed E-state index contributed by atoms with van der Waals surface area (Å²) in [5, 5.41) is 27.6. The molecule has 0 aromatic carbocycles. The van der Waals surface area contributed by atoms with Crippen LogP contribution in [-0.2, 0) is 23.1 Å². The lowest BCUT2D eigenvalue weighted by atomic mass is 9.75. The largest absolute Gasteiger partial charge is 0.365 e. The van der Waals surface area contributed by atoms with Gasteiger partial charge in [0.2, 0.25) is 5.91 Å². The van der Waals surface area contributed by atoms with E-state index in [-0.39, 0.29) is 18.5 Å². The second kappa shape index (κ2) is 10.0. The number of nitrogens with zero attached hydrogens (tertiary/aromatic N) is 5. The van der Waals surface area contributed by atoms with Crippen molar-refractivity contribution in [3.8, 4) is 6.07 Å². The van der Waals surface area contributed by atoms with Gasteiger partial charge in [0.15, 0.2) is 5.82 Å². The van der Waals surface area contributed by atoms with Crippen molar-refractivity contribution >= 4 is 40.4 Å². The number of carbonyl (C=O) groups excluding carboxylic acids is 3. The molecule has 4 heterocycles. The van der Waals surface area contributed by atoms with Crippen molar-refractivity contribution in [3.63, 3.8) is 0 Å². The SMILES string of the molecule is N#CC1CCCN1C(=O)CNCCC1(c2nn[nH]n2)c2cc(C(N)=O)sc2CCc2cc(C(N)=O)sc21. The first-order valence-electron chi connectivity index (χ1n) is 11.8. The van der Waals surface area contributed by atoms with E-state index in [0.29, 0.717) is 54.4 Å². The minimum absolute atomic E-state index is 0.0768. The Morgan fingerprint density at radius 2 is 2.00 bits per heavy atom. The molecule has 1 fully saturated rings. The summed E-state index contributed by atoms with van der Waals surface area (Å²) in [7, 11) is 0. The molecule has 3 aromatic rings. The lowest BCUT2D eigenvalue weighted by Crippen LogP contribution is -2.42. The summed E-state index contributed by atoms with van der Waals surface area (Å²) in [5.74, 6) is -0.782. The first kappa shape index (κ1) is 25.0. The highest BCUT2D eigenvalue weighted by atomic mass is 32.1. The third-order valence-corrected chi connectivity index (χ3v) is 9.54. The number of carbonyl (C=O) groups is 3. The number of aromatic amines is 1. The Kier molecular flexibility index (Phi) is 6.76. The van der Waals surface area contributed by atoms with E-state index in [1.54, 1.807) is 11.0 Å². The molecule has 2 atom stereocenters. The maximum atomic E-state index is 12.8. The molecule has 1 saturated heterocycles. The number of hydrogen-bond acceptors (Lipinski definition) is 10. The van der Waals surface area contributed by atoms with Crippen LogP contribution in [0.4, 0.5) is 0 Å². The number of thiophene rings is 2. The second-order valence-electron chi connectivity index (χ2n) is 9.08. The van der Waals surface area contributed by atoms with Crippen LogP contribution >= 0.6 is 22.7 Å². The van der Waals surface area contributed by atoms with Gasteiger partial charge in [0.1, 0.15) is 6.04 Å². The van der Waals surface area contributed by atoms with E-state index in [4.69, 9.17) is 11.5 Å². The quantitative estimate of drug-likeness (QED) is 0.296. The van der Waals surface area contributed by atoms with Crippen LogP contribution in [0.15, 0.2) is 12.1 Å². The number of nitrogens with one attached hydrogen (secondary N) is 2. The van der Waals surface area contributed by atoms with Gasteiger partial charge < -0.3 is 21.7 Å². The number of aryl methyl sites for hydroxylation is 2. The summed E-state index contributed by atoms with van der Waals surface area (Å²) in [6.45, 7) is 1.04. The molecule has 2 aliphatic rings.